The van der Waals surface area contributed by atoms with Crippen LogP contribution in [0.5, 0.6) is 5.75 Å². The Hall–Kier alpha value is -1.84. The van der Waals surface area contributed by atoms with E-state index in [1.54, 1.807) is 12.1 Å². The summed E-state index contributed by atoms with van der Waals surface area (Å²) in [5.74, 6) is 0.385. The Morgan fingerprint density at radius 1 is 1.29 bits per heavy atom. The van der Waals surface area contributed by atoms with E-state index >= 15 is 0 Å². The molecule has 0 aromatic heterocycles. The number of hydrazone groups is 1. The molecule has 0 saturated carbocycles. The molecule has 0 saturated heterocycles. The van der Waals surface area contributed by atoms with Crippen molar-refractivity contribution in [2.75, 3.05) is 0 Å². The molecule has 1 aromatic carbocycles. The van der Waals surface area contributed by atoms with Crippen LogP contribution in [-0.4, -0.2) is 11.6 Å². The lowest BCUT2D eigenvalue weighted by molar-refractivity contribution is -0.122. The van der Waals surface area contributed by atoms with Crippen LogP contribution >= 0.6 is 0 Å². The van der Waals surface area contributed by atoms with Gasteiger partial charge in [-0.05, 0) is 35.7 Å². The van der Waals surface area contributed by atoms with E-state index in [1.165, 1.54) is 12.1 Å². The highest BCUT2D eigenvalue weighted by Gasteiger charge is 2.27. The maximum atomic E-state index is 11.3. The molecule has 1 aromatic rings. The third kappa shape index (κ3) is 2.46. The maximum Gasteiger partial charge on any atom is 0.240 e. The van der Waals surface area contributed by atoms with Gasteiger partial charge in [0.15, 0.2) is 5.75 Å². The highest BCUT2D eigenvalue weighted by atomic mass is 16.3. The molecule has 1 radical (unpaired) electrons. The van der Waals surface area contributed by atoms with E-state index in [9.17, 15) is 9.90 Å². The monoisotopic (exact) mass is 231 g/mol. The molecule has 1 aliphatic heterocycles. The van der Waals surface area contributed by atoms with E-state index in [4.69, 9.17) is 0 Å². The predicted molar refractivity (Wildman–Crippen MR) is 64.2 cm³/mol. The van der Waals surface area contributed by atoms with Gasteiger partial charge >= 0.3 is 0 Å². The van der Waals surface area contributed by atoms with Crippen molar-refractivity contribution in [3.63, 3.8) is 0 Å². The highest BCUT2D eigenvalue weighted by molar-refractivity contribution is 6.06. The summed E-state index contributed by atoms with van der Waals surface area (Å²) in [7, 11) is 0. The molecule has 1 heterocycles. The molecule has 4 nitrogen and oxygen atoms in total. The molecule has 1 unspecified atom stereocenters. The summed E-state index contributed by atoms with van der Waals surface area (Å²) >= 11 is 0. The number of nitrogens with zero attached hydrogens (tertiary/aromatic N) is 1. The van der Waals surface area contributed by atoms with Crippen molar-refractivity contribution in [2.24, 2.45) is 16.9 Å². The first-order valence-electron chi connectivity index (χ1n) is 5.72. The SMILES string of the molecule is CC(C)C1CC(=O)NN=C1c1ccc([O])cc1. The van der Waals surface area contributed by atoms with Gasteiger partial charge in [-0.25, -0.2) is 5.43 Å². The first-order chi connectivity index (χ1) is 8.08. The summed E-state index contributed by atoms with van der Waals surface area (Å²) in [6.07, 6.45) is 0.454. The van der Waals surface area contributed by atoms with E-state index in [2.05, 4.69) is 24.4 Å². The quantitative estimate of drug-likeness (QED) is 0.834. The molecule has 0 aliphatic carbocycles. The van der Waals surface area contributed by atoms with Gasteiger partial charge in [0, 0.05) is 12.3 Å². The zero-order chi connectivity index (χ0) is 12.4. The second kappa shape index (κ2) is 4.57. The minimum Gasteiger partial charge on any atom is -0.290 e. The van der Waals surface area contributed by atoms with Crippen molar-refractivity contribution in [1.29, 1.82) is 0 Å². The van der Waals surface area contributed by atoms with Gasteiger partial charge in [0.1, 0.15) is 0 Å². The molecule has 0 fully saturated rings. The van der Waals surface area contributed by atoms with Crippen LogP contribution in [0, 0.1) is 11.8 Å². The molecule has 0 spiro atoms. The van der Waals surface area contributed by atoms with Crippen LogP contribution in [0.1, 0.15) is 25.8 Å². The Bertz CT molecular complexity index is 449. The minimum atomic E-state index is -0.0482. The zero-order valence-electron chi connectivity index (χ0n) is 9.93. The van der Waals surface area contributed by atoms with Gasteiger partial charge in [-0.2, -0.15) is 5.10 Å². The van der Waals surface area contributed by atoms with Crippen molar-refractivity contribution in [3.8, 4) is 5.75 Å². The van der Waals surface area contributed by atoms with Crippen molar-refractivity contribution < 1.29 is 9.90 Å². The van der Waals surface area contributed by atoms with Crippen LogP contribution in [0.15, 0.2) is 29.4 Å². The standard InChI is InChI=1S/C13H15N2O2/c1-8(2)11-7-12(17)14-15-13(11)9-3-5-10(16)6-4-9/h3-6,8,11H,7H2,1-2H3,(H,14,17). The number of benzene rings is 1. The topological polar surface area (TPSA) is 61.4 Å². The summed E-state index contributed by atoms with van der Waals surface area (Å²) in [5, 5.41) is 15.2. The van der Waals surface area contributed by atoms with E-state index < -0.39 is 0 Å². The molecule has 4 heteroatoms. The molecule has 1 atom stereocenters. The molecule has 1 N–H and O–H groups in total. The van der Waals surface area contributed by atoms with E-state index in [0.717, 1.165) is 11.3 Å². The Morgan fingerprint density at radius 3 is 2.53 bits per heavy atom. The van der Waals surface area contributed by atoms with Crippen molar-refractivity contribution in [1.82, 2.24) is 5.43 Å². The Morgan fingerprint density at radius 2 is 1.94 bits per heavy atom. The molecule has 1 amide bonds. The van der Waals surface area contributed by atoms with Crippen LogP contribution in [-0.2, 0) is 9.90 Å². The Kier molecular flexibility index (Phi) is 3.13. The summed E-state index contributed by atoms with van der Waals surface area (Å²) in [6.45, 7) is 4.14. The van der Waals surface area contributed by atoms with Gasteiger partial charge in [-0.3, -0.25) is 9.90 Å². The summed E-state index contributed by atoms with van der Waals surface area (Å²) in [6, 6.07) is 6.55. The first-order valence-corrected chi connectivity index (χ1v) is 5.72. The highest BCUT2D eigenvalue weighted by Crippen LogP contribution is 2.25. The second-order valence-corrected chi connectivity index (χ2v) is 4.61. The van der Waals surface area contributed by atoms with Crippen LogP contribution in [0.25, 0.3) is 0 Å². The largest absolute Gasteiger partial charge is 0.290 e. The maximum absolute atomic E-state index is 11.3. The van der Waals surface area contributed by atoms with E-state index in [1.807, 2.05) is 0 Å². The molecule has 2 rings (SSSR count). The van der Waals surface area contributed by atoms with Crippen LogP contribution < -0.4 is 5.43 Å². The van der Waals surface area contributed by atoms with Gasteiger partial charge in [-0.1, -0.05) is 13.8 Å². The van der Waals surface area contributed by atoms with Crippen LogP contribution in [0.2, 0.25) is 0 Å². The smallest absolute Gasteiger partial charge is 0.240 e. The van der Waals surface area contributed by atoms with Crippen molar-refractivity contribution in [3.05, 3.63) is 29.8 Å². The van der Waals surface area contributed by atoms with Crippen LogP contribution in [0.3, 0.4) is 0 Å². The molecule has 89 valence electrons. The summed E-state index contributed by atoms with van der Waals surface area (Å²) < 4.78 is 0. The minimum absolute atomic E-state index is 0.0182. The molecular weight excluding hydrogens is 216 g/mol. The number of carbonyl (C=O) groups excluding carboxylic acids is 1. The van der Waals surface area contributed by atoms with Crippen molar-refractivity contribution in [2.45, 2.75) is 20.3 Å². The predicted octanol–water partition coefficient (Wildman–Crippen LogP) is 2.33. The lowest BCUT2D eigenvalue weighted by atomic mass is 9.84. The number of amides is 1. The fourth-order valence-electron chi connectivity index (χ4n) is 2.00. The fourth-order valence-corrected chi connectivity index (χ4v) is 2.00. The number of hydrogen-bond acceptors (Lipinski definition) is 2. The van der Waals surface area contributed by atoms with E-state index in [0.29, 0.717) is 12.3 Å². The fraction of sp³-hybridized carbons (Fsp3) is 0.385. The van der Waals surface area contributed by atoms with Crippen molar-refractivity contribution >= 4 is 11.6 Å². The average Bonchev–Trinajstić information content (AvgIpc) is 2.30. The average molecular weight is 231 g/mol. The van der Waals surface area contributed by atoms with Gasteiger partial charge < -0.3 is 0 Å². The van der Waals surface area contributed by atoms with Gasteiger partial charge in [0.2, 0.25) is 5.91 Å². The van der Waals surface area contributed by atoms with Gasteiger partial charge in [0.25, 0.3) is 0 Å². The summed E-state index contributed by atoms with van der Waals surface area (Å²) in [5.41, 5.74) is 4.27. The Balaban J connectivity index is 2.34. The first kappa shape index (κ1) is 11.6. The number of hydrogen-bond donors (Lipinski definition) is 1. The second-order valence-electron chi connectivity index (χ2n) is 4.61. The lowest BCUT2D eigenvalue weighted by Crippen LogP contribution is -2.35. The van der Waals surface area contributed by atoms with E-state index in [-0.39, 0.29) is 17.6 Å². The number of rotatable bonds is 2. The zero-order valence-corrected chi connectivity index (χ0v) is 9.93. The third-order valence-electron chi connectivity index (χ3n) is 3.01. The molecule has 0 bridgehead atoms. The third-order valence-corrected chi connectivity index (χ3v) is 3.01. The number of carbonyl (C=O) groups is 1. The normalized spacial score (nSPS) is 20.1. The molecular formula is C13H15N2O2. The molecule has 1 aliphatic rings. The number of nitrogens with one attached hydrogen (secondary N) is 1. The summed E-state index contributed by atoms with van der Waals surface area (Å²) in [4.78, 5) is 11.3. The Labute approximate surface area is 100 Å². The van der Waals surface area contributed by atoms with Gasteiger partial charge in [-0.15, -0.1) is 0 Å². The van der Waals surface area contributed by atoms with Crippen LogP contribution in [0.4, 0.5) is 0 Å². The molecule has 17 heavy (non-hydrogen) atoms. The lowest BCUT2D eigenvalue weighted by Gasteiger charge is -2.25. The van der Waals surface area contributed by atoms with Gasteiger partial charge in [0.05, 0.1) is 5.71 Å².